The van der Waals surface area contributed by atoms with Gasteiger partial charge in [0.15, 0.2) is 0 Å². The molecule has 0 spiro atoms. The van der Waals surface area contributed by atoms with Crippen LogP contribution in [0.2, 0.25) is 0 Å². The van der Waals surface area contributed by atoms with Crippen molar-refractivity contribution in [3.63, 3.8) is 0 Å². The largest absolute Gasteiger partial charge is 0.494 e. The Balaban J connectivity index is 0.00000225. The standard InChI is InChI=1S/C17H22N4O3.ClH/c1-2-23-14-5-3-13(4-6-14)17-20-16(24-21-17)8-7-15(22)19-11-12-9-18-10-12;/h3-6,12,18H,2,7-11H2,1H3,(H,19,22);1H. The van der Waals surface area contributed by atoms with Crippen molar-refractivity contribution < 1.29 is 14.1 Å². The van der Waals surface area contributed by atoms with Gasteiger partial charge in [-0.2, -0.15) is 4.98 Å². The lowest BCUT2D eigenvalue weighted by Gasteiger charge is -2.27. The zero-order valence-electron chi connectivity index (χ0n) is 14.2. The molecule has 0 radical (unpaired) electrons. The molecule has 0 saturated carbocycles. The molecule has 1 aliphatic heterocycles. The molecule has 0 unspecified atom stereocenters. The zero-order valence-corrected chi connectivity index (χ0v) is 15.0. The molecule has 25 heavy (non-hydrogen) atoms. The first-order chi connectivity index (χ1) is 11.7. The fourth-order valence-electron chi connectivity index (χ4n) is 2.40. The molecule has 1 aromatic heterocycles. The van der Waals surface area contributed by atoms with Crippen molar-refractivity contribution in [2.45, 2.75) is 19.8 Å². The van der Waals surface area contributed by atoms with Gasteiger partial charge in [-0.15, -0.1) is 12.4 Å². The predicted octanol–water partition coefficient (Wildman–Crippen LogP) is 1.83. The van der Waals surface area contributed by atoms with Crippen LogP contribution in [0.5, 0.6) is 5.75 Å². The molecule has 0 atom stereocenters. The van der Waals surface area contributed by atoms with E-state index in [2.05, 4.69) is 20.8 Å². The smallest absolute Gasteiger partial charge is 0.227 e. The van der Waals surface area contributed by atoms with Gasteiger partial charge in [0.1, 0.15) is 5.75 Å². The summed E-state index contributed by atoms with van der Waals surface area (Å²) in [5, 5.41) is 10.1. The molecule has 1 fully saturated rings. The van der Waals surface area contributed by atoms with Crippen molar-refractivity contribution >= 4 is 18.3 Å². The average Bonchev–Trinajstić information content (AvgIpc) is 3.01. The second-order valence-electron chi connectivity index (χ2n) is 5.80. The van der Waals surface area contributed by atoms with Gasteiger partial charge in [0.2, 0.25) is 17.6 Å². The molecule has 3 rings (SSSR count). The summed E-state index contributed by atoms with van der Waals surface area (Å²) in [5.74, 6) is 2.38. The van der Waals surface area contributed by atoms with Crippen molar-refractivity contribution in [1.29, 1.82) is 0 Å². The summed E-state index contributed by atoms with van der Waals surface area (Å²) in [4.78, 5) is 16.1. The number of benzene rings is 1. The number of nitrogens with one attached hydrogen (secondary N) is 2. The van der Waals surface area contributed by atoms with Crippen LogP contribution in [0.25, 0.3) is 11.4 Å². The Morgan fingerprint density at radius 2 is 2.12 bits per heavy atom. The Bertz CT molecular complexity index is 671. The third kappa shape index (κ3) is 5.44. The second kappa shape index (κ2) is 9.39. The number of amides is 1. The summed E-state index contributed by atoms with van der Waals surface area (Å²) in [6.07, 6.45) is 0.795. The summed E-state index contributed by atoms with van der Waals surface area (Å²) < 4.78 is 10.6. The minimum absolute atomic E-state index is 0. The van der Waals surface area contributed by atoms with Gasteiger partial charge in [0.25, 0.3) is 0 Å². The highest BCUT2D eigenvalue weighted by Crippen LogP contribution is 2.20. The molecule has 7 nitrogen and oxygen atoms in total. The number of hydrogen-bond acceptors (Lipinski definition) is 6. The molecule has 2 aromatic rings. The predicted molar refractivity (Wildman–Crippen MR) is 95.8 cm³/mol. The molecule has 1 aliphatic rings. The zero-order chi connectivity index (χ0) is 16.8. The fourth-order valence-corrected chi connectivity index (χ4v) is 2.40. The maximum atomic E-state index is 11.8. The maximum Gasteiger partial charge on any atom is 0.227 e. The van der Waals surface area contributed by atoms with Crippen LogP contribution >= 0.6 is 12.4 Å². The third-order valence-corrected chi connectivity index (χ3v) is 3.91. The lowest BCUT2D eigenvalue weighted by molar-refractivity contribution is -0.121. The number of carbonyl (C=O) groups excluding carboxylic acids is 1. The molecule has 0 bridgehead atoms. The number of aromatic nitrogens is 2. The van der Waals surface area contributed by atoms with E-state index in [9.17, 15) is 4.79 Å². The van der Waals surface area contributed by atoms with E-state index < -0.39 is 0 Å². The number of aryl methyl sites for hydroxylation is 1. The normalized spacial score (nSPS) is 13.6. The quantitative estimate of drug-likeness (QED) is 0.740. The van der Waals surface area contributed by atoms with Crippen LogP contribution in [-0.4, -0.2) is 42.3 Å². The molecule has 2 heterocycles. The molecule has 136 valence electrons. The van der Waals surface area contributed by atoms with Crippen LogP contribution in [0.4, 0.5) is 0 Å². The van der Waals surface area contributed by atoms with E-state index in [0.29, 0.717) is 37.1 Å². The molecule has 0 aliphatic carbocycles. The molecular weight excluding hydrogens is 344 g/mol. The highest BCUT2D eigenvalue weighted by Gasteiger charge is 2.17. The van der Waals surface area contributed by atoms with Gasteiger partial charge < -0.3 is 19.9 Å². The van der Waals surface area contributed by atoms with Crippen LogP contribution in [0.3, 0.4) is 0 Å². The van der Waals surface area contributed by atoms with E-state index in [-0.39, 0.29) is 18.3 Å². The van der Waals surface area contributed by atoms with Crippen LogP contribution < -0.4 is 15.4 Å². The Morgan fingerprint density at radius 1 is 1.36 bits per heavy atom. The van der Waals surface area contributed by atoms with Crippen molar-refractivity contribution in [3.05, 3.63) is 30.2 Å². The van der Waals surface area contributed by atoms with Crippen LogP contribution in [-0.2, 0) is 11.2 Å². The van der Waals surface area contributed by atoms with E-state index in [0.717, 1.165) is 30.9 Å². The van der Waals surface area contributed by atoms with Crippen molar-refractivity contribution in [1.82, 2.24) is 20.8 Å². The Kier molecular flexibility index (Phi) is 7.21. The second-order valence-corrected chi connectivity index (χ2v) is 5.80. The Labute approximate surface area is 152 Å². The van der Waals surface area contributed by atoms with Crippen molar-refractivity contribution in [2.24, 2.45) is 5.92 Å². The Morgan fingerprint density at radius 3 is 2.76 bits per heavy atom. The van der Waals surface area contributed by atoms with E-state index in [1.165, 1.54) is 0 Å². The summed E-state index contributed by atoms with van der Waals surface area (Å²) in [5.41, 5.74) is 0.857. The lowest BCUT2D eigenvalue weighted by Crippen LogP contribution is -2.48. The van der Waals surface area contributed by atoms with Gasteiger partial charge in [-0.1, -0.05) is 5.16 Å². The first-order valence-corrected chi connectivity index (χ1v) is 8.28. The Hall–Kier alpha value is -2.12. The number of ether oxygens (including phenoxy) is 1. The molecule has 1 aromatic carbocycles. The maximum absolute atomic E-state index is 11.8. The minimum Gasteiger partial charge on any atom is -0.494 e. The van der Waals surface area contributed by atoms with Gasteiger partial charge in [-0.3, -0.25) is 4.79 Å². The molecule has 8 heteroatoms. The summed E-state index contributed by atoms with van der Waals surface area (Å²) in [6.45, 7) is 5.27. The molecule has 1 amide bonds. The van der Waals surface area contributed by atoms with E-state index in [1.807, 2.05) is 31.2 Å². The number of rotatable bonds is 8. The fraction of sp³-hybridized carbons (Fsp3) is 0.471. The summed E-state index contributed by atoms with van der Waals surface area (Å²) in [6, 6.07) is 7.52. The van der Waals surface area contributed by atoms with E-state index in [1.54, 1.807) is 0 Å². The monoisotopic (exact) mass is 366 g/mol. The highest BCUT2D eigenvalue weighted by molar-refractivity contribution is 5.85. The van der Waals surface area contributed by atoms with Crippen LogP contribution in [0, 0.1) is 5.92 Å². The highest BCUT2D eigenvalue weighted by atomic mass is 35.5. The van der Waals surface area contributed by atoms with Gasteiger partial charge in [0, 0.05) is 44.0 Å². The summed E-state index contributed by atoms with van der Waals surface area (Å²) in [7, 11) is 0. The molecule has 1 saturated heterocycles. The van der Waals surface area contributed by atoms with Crippen molar-refractivity contribution in [2.75, 3.05) is 26.2 Å². The lowest BCUT2D eigenvalue weighted by atomic mass is 10.0. The third-order valence-electron chi connectivity index (χ3n) is 3.91. The van der Waals surface area contributed by atoms with Gasteiger partial charge >= 0.3 is 0 Å². The first kappa shape index (κ1) is 19.2. The summed E-state index contributed by atoms with van der Waals surface area (Å²) >= 11 is 0. The first-order valence-electron chi connectivity index (χ1n) is 8.28. The van der Waals surface area contributed by atoms with Crippen molar-refractivity contribution in [3.8, 4) is 17.1 Å². The molecular formula is C17H23ClN4O3. The minimum atomic E-state index is 0. The molecule has 2 N–H and O–H groups in total. The number of halogens is 1. The van der Waals surface area contributed by atoms with Gasteiger partial charge in [0.05, 0.1) is 6.61 Å². The number of carbonyl (C=O) groups is 1. The van der Waals surface area contributed by atoms with E-state index in [4.69, 9.17) is 9.26 Å². The van der Waals surface area contributed by atoms with Gasteiger partial charge in [-0.25, -0.2) is 0 Å². The van der Waals surface area contributed by atoms with Gasteiger partial charge in [-0.05, 0) is 31.2 Å². The SMILES string of the molecule is CCOc1ccc(-c2noc(CCC(=O)NCC3CNC3)n2)cc1.Cl. The van der Waals surface area contributed by atoms with Crippen LogP contribution in [0.15, 0.2) is 28.8 Å². The van der Waals surface area contributed by atoms with E-state index >= 15 is 0 Å². The topological polar surface area (TPSA) is 89.3 Å². The average molecular weight is 367 g/mol. The van der Waals surface area contributed by atoms with Crippen LogP contribution in [0.1, 0.15) is 19.2 Å². The number of hydrogen-bond donors (Lipinski definition) is 2. The number of nitrogens with zero attached hydrogens (tertiary/aromatic N) is 2.